The van der Waals surface area contributed by atoms with E-state index in [1.54, 1.807) is 36.5 Å². The quantitative estimate of drug-likeness (QED) is 0.780. The molecule has 0 saturated carbocycles. The van der Waals surface area contributed by atoms with E-state index in [9.17, 15) is 4.79 Å². The zero-order chi connectivity index (χ0) is 17.5. The molecule has 0 aliphatic heterocycles. The topological polar surface area (TPSA) is 58.6 Å². The lowest BCUT2D eigenvalue weighted by atomic mass is 10.1. The number of ether oxygens (including phenoxy) is 1. The van der Waals surface area contributed by atoms with Crippen molar-refractivity contribution in [3.63, 3.8) is 0 Å². The van der Waals surface area contributed by atoms with Crippen LogP contribution < -0.4 is 4.74 Å². The predicted molar refractivity (Wildman–Crippen MR) is 93.0 cm³/mol. The highest BCUT2D eigenvalue weighted by Gasteiger charge is 2.20. The summed E-state index contributed by atoms with van der Waals surface area (Å²) in [5, 5.41) is 0. The number of carbonyl (C=O) groups excluding carboxylic acids is 1. The van der Waals surface area contributed by atoms with Crippen molar-refractivity contribution in [1.82, 2.24) is 19.8 Å². The maximum atomic E-state index is 12.7. The standard InChI is InChI=1S/C18H24N4O2/c1-14(16-7-5-6-9-19-16)22(4)18(23)15-8-10-20-17(13-15)24-12-11-21(2)3/h5-10,13-14H,11-12H2,1-4H3. The lowest BCUT2D eigenvalue weighted by molar-refractivity contribution is 0.0739. The van der Waals surface area contributed by atoms with Crippen LogP contribution in [0, 0.1) is 0 Å². The summed E-state index contributed by atoms with van der Waals surface area (Å²) in [6.45, 7) is 3.27. The number of amides is 1. The first-order valence-corrected chi connectivity index (χ1v) is 7.90. The second kappa shape index (κ2) is 8.40. The van der Waals surface area contributed by atoms with Gasteiger partial charge in [-0.05, 0) is 39.2 Å². The molecule has 0 saturated heterocycles. The maximum absolute atomic E-state index is 12.7. The third kappa shape index (κ3) is 4.76. The Hall–Kier alpha value is -2.47. The van der Waals surface area contributed by atoms with Crippen LogP contribution >= 0.6 is 0 Å². The van der Waals surface area contributed by atoms with Crippen molar-refractivity contribution in [3.8, 4) is 5.88 Å². The van der Waals surface area contributed by atoms with Crippen LogP contribution in [0.2, 0.25) is 0 Å². The first-order chi connectivity index (χ1) is 11.5. The first kappa shape index (κ1) is 17.9. The molecule has 1 atom stereocenters. The molecule has 0 aromatic carbocycles. The molecule has 1 amide bonds. The SMILES string of the molecule is CC(c1ccccn1)N(C)C(=O)c1ccnc(OCCN(C)C)c1. The van der Waals surface area contributed by atoms with E-state index in [0.29, 0.717) is 18.1 Å². The van der Waals surface area contributed by atoms with Crippen LogP contribution in [-0.2, 0) is 0 Å². The van der Waals surface area contributed by atoms with E-state index in [0.717, 1.165) is 12.2 Å². The third-order valence-corrected chi connectivity index (χ3v) is 3.79. The van der Waals surface area contributed by atoms with Crippen molar-refractivity contribution >= 4 is 5.91 Å². The van der Waals surface area contributed by atoms with Crippen LogP contribution in [-0.4, -0.2) is 60.0 Å². The van der Waals surface area contributed by atoms with Gasteiger partial charge in [0.2, 0.25) is 5.88 Å². The van der Waals surface area contributed by atoms with E-state index in [1.165, 1.54) is 0 Å². The van der Waals surface area contributed by atoms with E-state index >= 15 is 0 Å². The van der Waals surface area contributed by atoms with Gasteiger partial charge in [-0.2, -0.15) is 0 Å². The smallest absolute Gasteiger partial charge is 0.254 e. The van der Waals surface area contributed by atoms with E-state index in [-0.39, 0.29) is 11.9 Å². The molecule has 0 spiro atoms. The van der Waals surface area contributed by atoms with Crippen LogP contribution in [0.1, 0.15) is 29.0 Å². The summed E-state index contributed by atoms with van der Waals surface area (Å²) in [4.78, 5) is 24.9. The average molecular weight is 328 g/mol. The second-order valence-electron chi connectivity index (χ2n) is 5.88. The fourth-order valence-electron chi connectivity index (χ4n) is 2.16. The highest BCUT2D eigenvalue weighted by Crippen LogP contribution is 2.19. The number of rotatable bonds is 7. The summed E-state index contributed by atoms with van der Waals surface area (Å²) in [5.74, 6) is 0.370. The number of hydrogen-bond acceptors (Lipinski definition) is 5. The van der Waals surface area contributed by atoms with Crippen LogP contribution in [0.25, 0.3) is 0 Å². The molecule has 2 heterocycles. The monoisotopic (exact) mass is 328 g/mol. The van der Waals surface area contributed by atoms with Gasteiger partial charge in [0.15, 0.2) is 0 Å². The fraction of sp³-hybridized carbons (Fsp3) is 0.389. The van der Waals surface area contributed by atoms with Gasteiger partial charge in [0.25, 0.3) is 5.91 Å². The van der Waals surface area contributed by atoms with Crippen LogP contribution in [0.3, 0.4) is 0 Å². The van der Waals surface area contributed by atoms with E-state index in [2.05, 4.69) is 9.97 Å². The van der Waals surface area contributed by atoms with Gasteiger partial charge >= 0.3 is 0 Å². The average Bonchev–Trinajstić information content (AvgIpc) is 2.60. The number of carbonyl (C=O) groups is 1. The van der Waals surface area contributed by atoms with Gasteiger partial charge < -0.3 is 14.5 Å². The molecule has 0 aliphatic carbocycles. The fourth-order valence-corrected chi connectivity index (χ4v) is 2.16. The molecular formula is C18H24N4O2. The molecule has 2 rings (SSSR count). The summed E-state index contributed by atoms with van der Waals surface area (Å²) in [5.41, 5.74) is 1.40. The molecule has 1 unspecified atom stereocenters. The van der Waals surface area contributed by atoms with Gasteiger partial charge in [-0.3, -0.25) is 9.78 Å². The van der Waals surface area contributed by atoms with Gasteiger partial charge in [0, 0.05) is 37.6 Å². The first-order valence-electron chi connectivity index (χ1n) is 7.90. The number of hydrogen-bond donors (Lipinski definition) is 0. The van der Waals surface area contributed by atoms with E-state index in [4.69, 9.17) is 4.74 Å². The molecule has 0 N–H and O–H groups in total. The molecule has 128 valence electrons. The lowest BCUT2D eigenvalue weighted by Crippen LogP contribution is -2.30. The third-order valence-electron chi connectivity index (χ3n) is 3.79. The van der Waals surface area contributed by atoms with Gasteiger partial charge in [-0.1, -0.05) is 6.07 Å². The molecule has 24 heavy (non-hydrogen) atoms. The summed E-state index contributed by atoms with van der Waals surface area (Å²) in [6.07, 6.45) is 3.32. The van der Waals surface area contributed by atoms with Gasteiger partial charge in [-0.25, -0.2) is 4.98 Å². The molecule has 0 bridgehead atoms. The Labute approximate surface area is 143 Å². The van der Waals surface area contributed by atoms with Crippen LogP contribution in [0.4, 0.5) is 0 Å². The highest BCUT2D eigenvalue weighted by molar-refractivity contribution is 5.94. The highest BCUT2D eigenvalue weighted by atomic mass is 16.5. The normalized spacial score (nSPS) is 12.0. The van der Waals surface area contributed by atoms with E-state index < -0.39 is 0 Å². The molecule has 0 fully saturated rings. The van der Waals surface area contributed by atoms with Crippen molar-refractivity contribution in [1.29, 1.82) is 0 Å². The Morgan fingerprint density at radius 2 is 1.96 bits per heavy atom. The largest absolute Gasteiger partial charge is 0.476 e. The molecule has 2 aromatic heterocycles. The minimum absolute atomic E-state index is 0.0898. The summed E-state index contributed by atoms with van der Waals surface area (Å²) < 4.78 is 5.60. The predicted octanol–water partition coefficient (Wildman–Crippen LogP) is 2.25. The van der Waals surface area contributed by atoms with Crippen molar-refractivity contribution in [2.24, 2.45) is 0 Å². The summed E-state index contributed by atoms with van der Waals surface area (Å²) in [7, 11) is 5.73. The Morgan fingerprint density at radius 1 is 1.17 bits per heavy atom. The van der Waals surface area contributed by atoms with Crippen molar-refractivity contribution in [2.75, 3.05) is 34.3 Å². The Morgan fingerprint density at radius 3 is 2.62 bits per heavy atom. The van der Waals surface area contributed by atoms with Crippen LogP contribution in [0.5, 0.6) is 5.88 Å². The Bertz CT molecular complexity index is 661. The lowest BCUT2D eigenvalue weighted by Gasteiger charge is -2.24. The summed E-state index contributed by atoms with van der Waals surface area (Å²) in [6, 6.07) is 8.95. The molecule has 2 aromatic rings. The van der Waals surface area contributed by atoms with Gasteiger partial charge in [0.1, 0.15) is 6.61 Å². The molecule has 6 heteroatoms. The van der Waals surface area contributed by atoms with Crippen molar-refractivity contribution in [3.05, 3.63) is 54.0 Å². The Balaban J connectivity index is 2.06. The molecular weight excluding hydrogens is 304 g/mol. The van der Waals surface area contributed by atoms with Gasteiger partial charge in [-0.15, -0.1) is 0 Å². The number of likely N-dealkylation sites (N-methyl/N-ethyl adjacent to an activating group) is 1. The zero-order valence-corrected chi connectivity index (χ0v) is 14.6. The molecule has 0 radical (unpaired) electrons. The summed E-state index contributed by atoms with van der Waals surface area (Å²) >= 11 is 0. The van der Waals surface area contributed by atoms with Crippen molar-refractivity contribution in [2.45, 2.75) is 13.0 Å². The maximum Gasteiger partial charge on any atom is 0.254 e. The number of pyridine rings is 2. The minimum atomic E-state index is -0.120. The van der Waals surface area contributed by atoms with Crippen LogP contribution in [0.15, 0.2) is 42.7 Å². The Kier molecular flexibility index (Phi) is 6.26. The number of aromatic nitrogens is 2. The van der Waals surface area contributed by atoms with E-state index in [1.807, 2.05) is 44.1 Å². The van der Waals surface area contributed by atoms with Crippen molar-refractivity contribution < 1.29 is 9.53 Å². The zero-order valence-electron chi connectivity index (χ0n) is 14.6. The second-order valence-corrected chi connectivity index (χ2v) is 5.88. The minimum Gasteiger partial charge on any atom is -0.476 e. The number of nitrogens with zero attached hydrogens (tertiary/aromatic N) is 4. The molecule has 6 nitrogen and oxygen atoms in total. The van der Waals surface area contributed by atoms with Gasteiger partial charge in [0.05, 0.1) is 11.7 Å². The molecule has 0 aliphatic rings.